The first-order valence-electron chi connectivity index (χ1n) is 7.39. The van der Waals surface area contributed by atoms with E-state index in [9.17, 15) is 9.59 Å². The molecular formula is C18H18N2O5. The van der Waals surface area contributed by atoms with E-state index >= 15 is 0 Å². The summed E-state index contributed by atoms with van der Waals surface area (Å²) in [6.07, 6.45) is 1.46. The van der Waals surface area contributed by atoms with Gasteiger partial charge in [0.2, 0.25) is 0 Å². The van der Waals surface area contributed by atoms with Crippen LogP contribution in [0.4, 0.5) is 0 Å². The SMILES string of the molecule is COC(=O)c1ccc(/C=N/NC(=O)COc2ccc(OC)cc2)cc1. The molecule has 0 aliphatic carbocycles. The van der Waals surface area contributed by atoms with Crippen LogP contribution < -0.4 is 14.9 Å². The number of methoxy groups -OCH3 is 2. The summed E-state index contributed by atoms with van der Waals surface area (Å²) in [4.78, 5) is 23.0. The molecule has 0 bridgehead atoms. The molecule has 2 aromatic carbocycles. The zero-order chi connectivity index (χ0) is 18.1. The third kappa shape index (κ3) is 5.65. The lowest BCUT2D eigenvalue weighted by molar-refractivity contribution is -0.123. The van der Waals surface area contributed by atoms with Crippen LogP contribution in [0.2, 0.25) is 0 Å². The van der Waals surface area contributed by atoms with Gasteiger partial charge in [0.15, 0.2) is 6.61 Å². The van der Waals surface area contributed by atoms with Gasteiger partial charge in [-0.2, -0.15) is 5.10 Å². The molecule has 1 amide bonds. The van der Waals surface area contributed by atoms with Crippen LogP contribution in [0, 0.1) is 0 Å². The third-order valence-electron chi connectivity index (χ3n) is 3.16. The predicted molar refractivity (Wildman–Crippen MR) is 92.0 cm³/mol. The Morgan fingerprint density at radius 2 is 1.64 bits per heavy atom. The van der Waals surface area contributed by atoms with Crippen molar-refractivity contribution in [2.75, 3.05) is 20.8 Å². The minimum absolute atomic E-state index is 0.162. The fourth-order valence-corrected chi connectivity index (χ4v) is 1.86. The van der Waals surface area contributed by atoms with Gasteiger partial charge in [0, 0.05) is 0 Å². The van der Waals surface area contributed by atoms with Gasteiger partial charge in [-0.05, 0) is 42.0 Å². The average Bonchev–Trinajstić information content (AvgIpc) is 2.66. The van der Waals surface area contributed by atoms with Gasteiger partial charge < -0.3 is 14.2 Å². The van der Waals surface area contributed by atoms with E-state index in [0.717, 1.165) is 5.56 Å². The number of hydrazone groups is 1. The van der Waals surface area contributed by atoms with E-state index in [2.05, 4.69) is 15.3 Å². The second kappa shape index (κ2) is 9.07. The molecule has 7 heteroatoms. The van der Waals surface area contributed by atoms with Gasteiger partial charge in [-0.25, -0.2) is 10.2 Å². The van der Waals surface area contributed by atoms with E-state index < -0.39 is 11.9 Å². The molecule has 0 unspecified atom stereocenters. The number of rotatable bonds is 7. The fraction of sp³-hybridized carbons (Fsp3) is 0.167. The van der Waals surface area contributed by atoms with Crippen molar-refractivity contribution in [3.63, 3.8) is 0 Å². The molecule has 130 valence electrons. The molecule has 25 heavy (non-hydrogen) atoms. The molecular weight excluding hydrogens is 324 g/mol. The van der Waals surface area contributed by atoms with Crippen LogP contribution >= 0.6 is 0 Å². The number of hydrogen-bond acceptors (Lipinski definition) is 6. The maximum Gasteiger partial charge on any atom is 0.337 e. The maximum absolute atomic E-state index is 11.7. The zero-order valence-corrected chi connectivity index (χ0v) is 13.9. The summed E-state index contributed by atoms with van der Waals surface area (Å²) in [7, 11) is 2.89. The second-order valence-corrected chi connectivity index (χ2v) is 4.87. The van der Waals surface area contributed by atoms with Crippen molar-refractivity contribution in [2.45, 2.75) is 0 Å². The van der Waals surface area contributed by atoms with E-state index in [4.69, 9.17) is 9.47 Å². The lowest BCUT2D eigenvalue weighted by Gasteiger charge is -2.05. The number of ether oxygens (including phenoxy) is 3. The van der Waals surface area contributed by atoms with Gasteiger partial charge in [-0.1, -0.05) is 12.1 Å². The lowest BCUT2D eigenvalue weighted by atomic mass is 10.1. The van der Waals surface area contributed by atoms with Crippen molar-refractivity contribution in [3.05, 3.63) is 59.7 Å². The second-order valence-electron chi connectivity index (χ2n) is 4.87. The molecule has 0 saturated carbocycles. The van der Waals surface area contributed by atoms with Gasteiger partial charge in [0.25, 0.3) is 5.91 Å². The fourth-order valence-electron chi connectivity index (χ4n) is 1.86. The van der Waals surface area contributed by atoms with Crippen LogP contribution in [0.25, 0.3) is 0 Å². The highest BCUT2D eigenvalue weighted by Gasteiger charge is 2.04. The Bertz CT molecular complexity index is 739. The van der Waals surface area contributed by atoms with Crippen molar-refractivity contribution < 1.29 is 23.8 Å². The summed E-state index contributed by atoms with van der Waals surface area (Å²) in [5, 5.41) is 3.84. The van der Waals surface area contributed by atoms with E-state index in [1.54, 1.807) is 55.6 Å². The Morgan fingerprint density at radius 1 is 1.00 bits per heavy atom. The van der Waals surface area contributed by atoms with Crippen molar-refractivity contribution in [2.24, 2.45) is 5.10 Å². The Hall–Kier alpha value is -3.35. The molecule has 2 rings (SSSR count). The summed E-state index contributed by atoms with van der Waals surface area (Å²) in [5.74, 6) is 0.462. The highest BCUT2D eigenvalue weighted by atomic mass is 16.5. The summed E-state index contributed by atoms with van der Waals surface area (Å²) in [5.41, 5.74) is 3.53. The molecule has 0 fully saturated rings. The topological polar surface area (TPSA) is 86.2 Å². The van der Waals surface area contributed by atoms with Crippen LogP contribution in [-0.2, 0) is 9.53 Å². The normalized spacial score (nSPS) is 10.3. The monoisotopic (exact) mass is 342 g/mol. The Balaban J connectivity index is 1.78. The van der Waals surface area contributed by atoms with Crippen LogP contribution in [-0.4, -0.2) is 38.9 Å². The standard InChI is InChI=1S/C18H18N2O5/c1-23-15-7-9-16(10-8-15)25-12-17(21)20-19-11-13-3-5-14(6-4-13)18(22)24-2/h3-11H,12H2,1-2H3,(H,20,21)/b19-11+. The molecule has 0 saturated heterocycles. The van der Waals surface area contributed by atoms with E-state index in [0.29, 0.717) is 17.1 Å². The van der Waals surface area contributed by atoms with Gasteiger partial charge in [0.1, 0.15) is 11.5 Å². The molecule has 1 N–H and O–H groups in total. The molecule has 7 nitrogen and oxygen atoms in total. The lowest BCUT2D eigenvalue weighted by Crippen LogP contribution is -2.24. The Kier molecular flexibility index (Phi) is 6.53. The van der Waals surface area contributed by atoms with Gasteiger partial charge in [-0.3, -0.25) is 4.79 Å². The zero-order valence-electron chi connectivity index (χ0n) is 13.9. The van der Waals surface area contributed by atoms with Crippen LogP contribution in [0.15, 0.2) is 53.6 Å². The third-order valence-corrected chi connectivity index (χ3v) is 3.16. The first kappa shape index (κ1) is 18.0. The number of benzene rings is 2. The van der Waals surface area contributed by atoms with Crippen molar-refractivity contribution in [1.82, 2.24) is 5.43 Å². The summed E-state index contributed by atoms with van der Waals surface area (Å²) >= 11 is 0. The number of carbonyl (C=O) groups is 2. The largest absolute Gasteiger partial charge is 0.497 e. The molecule has 0 spiro atoms. The average molecular weight is 342 g/mol. The van der Waals surface area contributed by atoms with Crippen LogP contribution in [0.1, 0.15) is 15.9 Å². The Morgan fingerprint density at radius 3 is 2.24 bits per heavy atom. The number of esters is 1. The summed E-state index contributed by atoms with van der Waals surface area (Å²) in [6.45, 7) is -0.162. The van der Waals surface area contributed by atoms with Gasteiger partial charge in [-0.15, -0.1) is 0 Å². The van der Waals surface area contributed by atoms with Gasteiger partial charge in [0.05, 0.1) is 26.0 Å². The molecule has 0 aliphatic rings. The predicted octanol–water partition coefficient (Wildman–Crippen LogP) is 2.01. The van der Waals surface area contributed by atoms with Gasteiger partial charge >= 0.3 is 5.97 Å². The number of amides is 1. The quantitative estimate of drug-likeness (QED) is 0.472. The first-order chi connectivity index (χ1) is 12.1. The van der Waals surface area contributed by atoms with Crippen molar-refractivity contribution in [1.29, 1.82) is 0 Å². The first-order valence-corrected chi connectivity index (χ1v) is 7.39. The molecule has 0 atom stereocenters. The number of nitrogens with one attached hydrogen (secondary N) is 1. The van der Waals surface area contributed by atoms with Crippen LogP contribution in [0.5, 0.6) is 11.5 Å². The minimum Gasteiger partial charge on any atom is -0.497 e. The number of hydrogen-bond donors (Lipinski definition) is 1. The maximum atomic E-state index is 11.7. The smallest absolute Gasteiger partial charge is 0.337 e. The molecule has 2 aromatic rings. The minimum atomic E-state index is -0.410. The molecule has 0 radical (unpaired) electrons. The number of carbonyl (C=O) groups excluding carboxylic acids is 2. The summed E-state index contributed by atoms with van der Waals surface area (Å²) < 4.78 is 15.0. The van der Waals surface area contributed by atoms with Crippen LogP contribution in [0.3, 0.4) is 0 Å². The highest BCUT2D eigenvalue weighted by Crippen LogP contribution is 2.16. The van der Waals surface area contributed by atoms with E-state index in [1.165, 1.54) is 13.3 Å². The van der Waals surface area contributed by atoms with E-state index in [-0.39, 0.29) is 6.61 Å². The molecule has 0 aliphatic heterocycles. The summed E-state index contributed by atoms with van der Waals surface area (Å²) in [6, 6.07) is 13.5. The van der Waals surface area contributed by atoms with Crippen molar-refractivity contribution in [3.8, 4) is 11.5 Å². The van der Waals surface area contributed by atoms with E-state index in [1.807, 2.05) is 0 Å². The molecule has 0 heterocycles. The highest BCUT2D eigenvalue weighted by molar-refractivity contribution is 5.90. The molecule has 0 aromatic heterocycles. The van der Waals surface area contributed by atoms with Crippen molar-refractivity contribution >= 4 is 18.1 Å². The number of nitrogens with zero attached hydrogens (tertiary/aromatic N) is 1. The Labute approximate surface area is 145 Å².